The van der Waals surface area contributed by atoms with Crippen LogP contribution in [-0.2, 0) is 0 Å². The summed E-state index contributed by atoms with van der Waals surface area (Å²) in [6, 6.07) is 0.658. The first kappa shape index (κ1) is 14.0. The van der Waals surface area contributed by atoms with Crippen molar-refractivity contribution in [2.24, 2.45) is 11.3 Å². The summed E-state index contributed by atoms with van der Waals surface area (Å²) in [7, 11) is 0. The fraction of sp³-hybridized carbons (Fsp3) is 1.00. The van der Waals surface area contributed by atoms with Gasteiger partial charge in [-0.3, -0.25) is 4.90 Å². The van der Waals surface area contributed by atoms with E-state index in [-0.39, 0.29) is 5.54 Å². The molecule has 2 heteroatoms. The maximum atomic E-state index is 3.61. The standard InChI is InChI=1S/C14H30N2/c1-11(2)13(4,5)9-16-10-14(6,7)15-8-12(16)3/h11-12,15H,8-10H2,1-7H3. The zero-order valence-electron chi connectivity index (χ0n) is 12.2. The Hall–Kier alpha value is -0.0800. The Balaban J connectivity index is 2.65. The first-order valence-corrected chi connectivity index (χ1v) is 6.63. The van der Waals surface area contributed by atoms with Gasteiger partial charge < -0.3 is 5.32 Å². The largest absolute Gasteiger partial charge is 0.309 e. The van der Waals surface area contributed by atoms with Gasteiger partial charge in [-0.25, -0.2) is 0 Å². The third-order valence-electron chi connectivity index (χ3n) is 4.27. The molecule has 1 N–H and O–H groups in total. The van der Waals surface area contributed by atoms with Gasteiger partial charge in [0.2, 0.25) is 0 Å². The highest BCUT2D eigenvalue weighted by atomic mass is 15.2. The van der Waals surface area contributed by atoms with E-state index in [0.29, 0.717) is 11.5 Å². The van der Waals surface area contributed by atoms with Crippen LogP contribution in [0.4, 0.5) is 0 Å². The minimum atomic E-state index is 0.263. The van der Waals surface area contributed by atoms with Gasteiger partial charge in [0.1, 0.15) is 0 Å². The van der Waals surface area contributed by atoms with Crippen LogP contribution in [0.3, 0.4) is 0 Å². The summed E-state index contributed by atoms with van der Waals surface area (Å²) < 4.78 is 0. The SMILES string of the molecule is CC1CNC(C)(C)CN1CC(C)(C)C(C)C. The molecule has 1 fully saturated rings. The Bertz CT molecular complexity index is 231. The summed E-state index contributed by atoms with van der Waals surface area (Å²) >= 11 is 0. The maximum Gasteiger partial charge on any atom is 0.0252 e. The van der Waals surface area contributed by atoms with Crippen molar-refractivity contribution in [2.75, 3.05) is 19.6 Å². The Labute approximate surface area is 102 Å². The summed E-state index contributed by atoms with van der Waals surface area (Å²) in [6.07, 6.45) is 0. The highest BCUT2D eigenvalue weighted by Gasteiger charge is 2.34. The van der Waals surface area contributed by atoms with Crippen molar-refractivity contribution >= 4 is 0 Å². The molecule has 2 nitrogen and oxygen atoms in total. The normalized spacial score (nSPS) is 27.4. The van der Waals surface area contributed by atoms with Crippen LogP contribution in [0.15, 0.2) is 0 Å². The Morgan fingerprint density at radius 2 is 1.94 bits per heavy atom. The number of nitrogens with one attached hydrogen (secondary N) is 1. The Morgan fingerprint density at radius 1 is 1.38 bits per heavy atom. The molecule has 0 saturated carbocycles. The molecule has 0 aliphatic carbocycles. The molecular weight excluding hydrogens is 196 g/mol. The van der Waals surface area contributed by atoms with E-state index in [9.17, 15) is 0 Å². The molecule has 1 rings (SSSR count). The van der Waals surface area contributed by atoms with Crippen molar-refractivity contribution in [3.05, 3.63) is 0 Å². The molecule has 0 aromatic heterocycles. The monoisotopic (exact) mass is 226 g/mol. The van der Waals surface area contributed by atoms with Crippen LogP contribution in [0.25, 0.3) is 0 Å². The van der Waals surface area contributed by atoms with Gasteiger partial charge in [0.25, 0.3) is 0 Å². The van der Waals surface area contributed by atoms with Crippen LogP contribution < -0.4 is 5.32 Å². The average molecular weight is 226 g/mol. The number of hydrogen-bond donors (Lipinski definition) is 1. The molecule has 16 heavy (non-hydrogen) atoms. The van der Waals surface area contributed by atoms with Gasteiger partial charge >= 0.3 is 0 Å². The third-order valence-corrected chi connectivity index (χ3v) is 4.27. The van der Waals surface area contributed by atoms with Gasteiger partial charge in [0.05, 0.1) is 0 Å². The van der Waals surface area contributed by atoms with Gasteiger partial charge in [-0.15, -0.1) is 0 Å². The molecule has 1 aliphatic rings. The molecule has 0 aromatic rings. The van der Waals surface area contributed by atoms with E-state index < -0.39 is 0 Å². The molecule has 0 aromatic carbocycles. The van der Waals surface area contributed by atoms with Gasteiger partial charge in [-0.2, -0.15) is 0 Å². The Kier molecular flexibility index (Phi) is 4.07. The molecule has 1 heterocycles. The number of nitrogens with zero attached hydrogens (tertiary/aromatic N) is 1. The average Bonchev–Trinajstić information content (AvgIpc) is 2.10. The summed E-state index contributed by atoms with van der Waals surface area (Å²) in [5.41, 5.74) is 0.668. The second kappa shape index (κ2) is 4.66. The van der Waals surface area contributed by atoms with Crippen LogP contribution in [0.1, 0.15) is 48.5 Å². The predicted molar refractivity (Wildman–Crippen MR) is 71.7 cm³/mol. The minimum absolute atomic E-state index is 0.263. The highest BCUT2D eigenvalue weighted by Crippen LogP contribution is 2.29. The highest BCUT2D eigenvalue weighted by molar-refractivity contribution is 4.92. The Morgan fingerprint density at radius 3 is 2.44 bits per heavy atom. The molecule has 1 aliphatic heterocycles. The lowest BCUT2D eigenvalue weighted by Gasteiger charge is -2.47. The van der Waals surface area contributed by atoms with Crippen LogP contribution >= 0.6 is 0 Å². The second-order valence-electron chi connectivity index (χ2n) is 7.16. The second-order valence-corrected chi connectivity index (χ2v) is 7.16. The van der Waals surface area contributed by atoms with E-state index in [0.717, 1.165) is 19.0 Å². The van der Waals surface area contributed by atoms with E-state index in [4.69, 9.17) is 0 Å². The molecule has 1 saturated heterocycles. The van der Waals surface area contributed by atoms with Gasteiger partial charge in [0.15, 0.2) is 0 Å². The first-order valence-electron chi connectivity index (χ1n) is 6.63. The lowest BCUT2D eigenvalue weighted by Crippen LogP contribution is -2.62. The number of hydrogen-bond acceptors (Lipinski definition) is 2. The van der Waals surface area contributed by atoms with Crippen molar-refractivity contribution in [3.63, 3.8) is 0 Å². The lowest BCUT2D eigenvalue weighted by molar-refractivity contribution is 0.0500. The van der Waals surface area contributed by atoms with Gasteiger partial charge in [0, 0.05) is 31.2 Å². The quantitative estimate of drug-likeness (QED) is 0.796. The summed E-state index contributed by atoms with van der Waals surface area (Å²) in [5.74, 6) is 0.734. The van der Waals surface area contributed by atoms with Crippen molar-refractivity contribution in [2.45, 2.75) is 60.0 Å². The summed E-state index contributed by atoms with van der Waals surface area (Å²) in [4.78, 5) is 2.65. The smallest absolute Gasteiger partial charge is 0.0252 e. The van der Waals surface area contributed by atoms with E-state index in [1.807, 2.05) is 0 Å². The summed E-state index contributed by atoms with van der Waals surface area (Å²) in [5, 5.41) is 3.61. The predicted octanol–water partition coefficient (Wildman–Crippen LogP) is 2.74. The van der Waals surface area contributed by atoms with Crippen molar-refractivity contribution in [1.29, 1.82) is 0 Å². The first-order chi connectivity index (χ1) is 7.14. The minimum Gasteiger partial charge on any atom is -0.309 e. The van der Waals surface area contributed by atoms with E-state index >= 15 is 0 Å². The zero-order chi connectivity index (χ0) is 12.6. The third kappa shape index (κ3) is 3.46. The van der Waals surface area contributed by atoms with Crippen LogP contribution in [0.5, 0.6) is 0 Å². The molecule has 1 atom stereocenters. The fourth-order valence-corrected chi connectivity index (χ4v) is 2.19. The molecular formula is C14H30N2. The molecule has 0 radical (unpaired) electrons. The van der Waals surface area contributed by atoms with E-state index in [1.165, 1.54) is 6.54 Å². The molecule has 0 spiro atoms. The van der Waals surface area contributed by atoms with Crippen molar-refractivity contribution in [1.82, 2.24) is 10.2 Å². The van der Waals surface area contributed by atoms with E-state index in [1.54, 1.807) is 0 Å². The van der Waals surface area contributed by atoms with E-state index in [2.05, 4.69) is 58.7 Å². The molecule has 0 bridgehead atoms. The van der Waals surface area contributed by atoms with Crippen molar-refractivity contribution in [3.8, 4) is 0 Å². The lowest BCUT2D eigenvalue weighted by atomic mass is 9.80. The zero-order valence-corrected chi connectivity index (χ0v) is 12.2. The summed E-state index contributed by atoms with van der Waals surface area (Å²) in [6.45, 7) is 19.8. The number of piperazine rings is 1. The molecule has 96 valence electrons. The topological polar surface area (TPSA) is 15.3 Å². The van der Waals surface area contributed by atoms with Gasteiger partial charge in [-0.05, 0) is 32.1 Å². The van der Waals surface area contributed by atoms with Crippen LogP contribution in [0, 0.1) is 11.3 Å². The van der Waals surface area contributed by atoms with Gasteiger partial charge in [-0.1, -0.05) is 27.7 Å². The number of rotatable bonds is 3. The van der Waals surface area contributed by atoms with Crippen LogP contribution in [-0.4, -0.2) is 36.1 Å². The molecule has 0 amide bonds. The van der Waals surface area contributed by atoms with Crippen molar-refractivity contribution < 1.29 is 0 Å². The maximum absolute atomic E-state index is 3.61. The molecule has 1 unspecified atom stereocenters. The van der Waals surface area contributed by atoms with Crippen LogP contribution in [0.2, 0.25) is 0 Å². The fourth-order valence-electron chi connectivity index (χ4n) is 2.19.